The predicted molar refractivity (Wildman–Crippen MR) is 90.7 cm³/mol. The highest BCUT2D eigenvalue weighted by molar-refractivity contribution is 7.09. The molecule has 1 aliphatic rings. The molecule has 3 rings (SSSR count). The molecule has 2 aromatic rings. The van der Waals surface area contributed by atoms with E-state index in [1.807, 2.05) is 35.4 Å². The van der Waals surface area contributed by atoms with E-state index in [9.17, 15) is 4.79 Å². The number of aryl methyl sites for hydroxylation is 1. The van der Waals surface area contributed by atoms with Crippen LogP contribution in [0.25, 0.3) is 0 Å². The average molecular weight is 331 g/mol. The van der Waals surface area contributed by atoms with Crippen LogP contribution in [0.4, 0.5) is 0 Å². The first-order chi connectivity index (χ1) is 11.1. The summed E-state index contributed by atoms with van der Waals surface area (Å²) in [5.41, 5.74) is 7.51. The Morgan fingerprint density at radius 1 is 1.52 bits per heavy atom. The van der Waals surface area contributed by atoms with E-state index < -0.39 is 0 Å². The van der Waals surface area contributed by atoms with Crippen LogP contribution in [0.5, 0.6) is 5.75 Å². The van der Waals surface area contributed by atoms with Gasteiger partial charge in [0.05, 0.1) is 10.7 Å². The summed E-state index contributed by atoms with van der Waals surface area (Å²) in [7, 11) is 0. The molecule has 1 atom stereocenters. The van der Waals surface area contributed by atoms with Crippen molar-refractivity contribution in [2.45, 2.75) is 32.4 Å². The van der Waals surface area contributed by atoms with E-state index in [1.165, 1.54) is 0 Å². The lowest BCUT2D eigenvalue weighted by atomic mass is 10.1. The summed E-state index contributed by atoms with van der Waals surface area (Å²) in [5, 5.41) is 3.01. The van der Waals surface area contributed by atoms with Crippen molar-refractivity contribution in [3.8, 4) is 5.75 Å². The van der Waals surface area contributed by atoms with Gasteiger partial charge in [-0.15, -0.1) is 11.3 Å². The van der Waals surface area contributed by atoms with Crippen molar-refractivity contribution in [2.24, 2.45) is 5.73 Å². The standard InChI is InChI=1S/C17H21N3O2S/c1-12-19-15(11-23-12)10-22-16-6-2-4-13(8-16)17(21)20-7-3-5-14(18)9-20/h2,4,6,8,11,14H,3,5,7,9-10,18H2,1H3/t14-/m0/s1. The Labute approximate surface area is 140 Å². The fourth-order valence-corrected chi connectivity index (χ4v) is 3.33. The van der Waals surface area contributed by atoms with Crippen LogP contribution in [-0.2, 0) is 6.61 Å². The Balaban J connectivity index is 1.65. The highest BCUT2D eigenvalue weighted by Gasteiger charge is 2.22. The summed E-state index contributed by atoms with van der Waals surface area (Å²) >= 11 is 1.60. The van der Waals surface area contributed by atoms with Gasteiger partial charge in [-0.3, -0.25) is 4.79 Å². The van der Waals surface area contributed by atoms with Crippen LogP contribution in [0, 0.1) is 6.92 Å². The molecule has 1 aliphatic heterocycles. The lowest BCUT2D eigenvalue weighted by molar-refractivity contribution is 0.0708. The van der Waals surface area contributed by atoms with Crippen molar-refractivity contribution in [3.05, 3.63) is 45.9 Å². The SMILES string of the molecule is Cc1nc(COc2cccc(C(=O)N3CCC[C@H](N)C3)c2)cs1. The second kappa shape index (κ2) is 7.10. The van der Waals surface area contributed by atoms with Gasteiger partial charge in [-0.2, -0.15) is 0 Å². The maximum Gasteiger partial charge on any atom is 0.254 e. The van der Waals surface area contributed by atoms with Crippen LogP contribution in [0.15, 0.2) is 29.6 Å². The van der Waals surface area contributed by atoms with Gasteiger partial charge in [-0.1, -0.05) is 6.07 Å². The lowest BCUT2D eigenvalue weighted by Crippen LogP contribution is -2.45. The quantitative estimate of drug-likeness (QED) is 0.935. The van der Waals surface area contributed by atoms with Crippen LogP contribution in [-0.4, -0.2) is 34.9 Å². The zero-order valence-electron chi connectivity index (χ0n) is 13.2. The number of piperidine rings is 1. The number of carbonyl (C=O) groups is 1. The number of thiazole rings is 1. The van der Waals surface area contributed by atoms with E-state index >= 15 is 0 Å². The number of rotatable bonds is 4. The highest BCUT2D eigenvalue weighted by atomic mass is 32.1. The van der Waals surface area contributed by atoms with E-state index in [2.05, 4.69) is 4.98 Å². The Morgan fingerprint density at radius 2 is 2.39 bits per heavy atom. The average Bonchev–Trinajstić information content (AvgIpc) is 2.98. The number of hydrogen-bond donors (Lipinski definition) is 1. The number of likely N-dealkylation sites (tertiary alicyclic amines) is 1. The van der Waals surface area contributed by atoms with Gasteiger partial charge in [-0.05, 0) is 38.0 Å². The van der Waals surface area contributed by atoms with Gasteiger partial charge in [0.15, 0.2) is 0 Å². The Hall–Kier alpha value is -1.92. The number of amides is 1. The van der Waals surface area contributed by atoms with Gasteiger partial charge in [0, 0.05) is 30.1 Å². The van der Waals surface area contributed by atoms with E-state index in [0.29, 0.717) is 24.5 Å². The Bertz CT molecular complexity index is 686. The van der Waals surface area contributed by atoms with E-state index in [1.54, 1.807) is 17.4 Å². The summed E-state index contributed by atoms with van der Waals surface area (Å²) in [6, 6.07) is 7.40. The van der Waals surface area contributed by atoms with Crippen molar-refractivity contribution in [1.82, 2.24) is 9.88 Å². The van der Waals surface area contributed by atoms with Crippen LogP contribution < -0.4 is 10.5 Å². The minimum Gasteiger partial charge on any atom is -0.487 e. The van der Waals surface area contributed by atoms with E-state index in [4.69, 9.17) is 10.5 Å². The molecule has 0 saturated carbocycles. The first-order valence-corrected chi connectivity index (χ1v) is 8.68. The van der Waals surface area contributed by atoms with Gasteiger partial charge in [0.2, 0.25) is 0 Å². The first kappa shape index (κ1) is 16.0. The maximum absolute atomic E-state index is 12.6. The van der Waals surface area contributed by atoms with Crippen LogP contribution in [0.1, 0.15) is 33.9 Å². The van der Waals surface area contributed by atoms with Crippen molar-refractivity contribution < 1.29 is 9.53 Å². The molecular formula is C17H21N3O2S. The maximum atomic E-state index is 12.6. The van der Waals surface area contributed by atoms with Gasteiger partial charge in [-0.25, -0.2) is 4.98 Å². The molecule has 0 unspecified atom stereocenters. The molecule has 1 amide bonds. The molecule has 6 heteroatoms. The number of benzene rings is 1. The highest BCUT2D eigenvalue weighted by Crippen LogP contribution is 2.19. The number of aromatic nitrogens is 1. The van der Waals surface area contributed by atoms with Crippen molar-refractivity contribution in [3.63, 3.8) is 0 Å². The molecule has 23 heavy (non-hydrogen) atoms. The summed E-state index contributed by atoms with van der Waals surface area (Å²) in [4.78, 5) is 18.8. The van der Waals surface area contributed by atoms with Gasteiger partial charge < -0.3 is 15.4 Å². The first-order valence-electron chi connectivity index (χ1n) is 7.80. The van der Waals surface area contributed by atoms with Gasteiger partial charge >= 0.3 is 0 Å². The molecule has 2 N–H and O–H groups in total. The molecule has 0 spiro atoms. The molecule has 1 aromatic heterocycles. The molecule has 0 radical (unpaired) electrons. The second-order valence-electron chi connectivity index (χ2n) is 5.83. The third-order valence-corrected chi connectivity index (χ3v) is 4.70. The normalized spacial score (nSPS) is 18.0. The second-order valence-corrected chi connectivity index (χ2v) is 6.89. The largest absolute Gasteiger partial charge is 0.487 e. The van der Waals surface area contributed by atoms with E-state index in [0.717, 1.165) is 30.1 Å². The van der Waals surface area contributed by atoms with Gasteiger partial charge in [0.1, 0.15) is 12.4 Å². The monoisotopic (exact) mass is 331 g/mol. The molecular weight excluding hydrogens is 310 g/mol. The van der Waals surface area contributed by atoms with E-state index in [-0.39, 0.29) is 11.9 Å². The number of hydrogen-bond acceptors (Lipinski definition) is 5. The van der Waals surface area contributed by atoms with Crippen molar-refractivity contribution >= 4 is 17.2 Å². The number of ether oxygens (including phenoxy) is 1. The molecule has 5 nitrogen and oxygen atoms in total. The third kappa shape index (κ3) is 4.09. The molecule has 1 saturated heterocycles. The molecule has 0 aliphatic carbocycles. The lowest BCUT2D eigenvalue weighted by Gasteiger charge is -2.30. The molecule has 0 bridgehead atoms. The smallest absolute Gasteiger partial charge is 0.254 e. The number of nitrogens with zero attached hydrogens (tertiary/aromatic N) is 2. The van der Waals surface area contributed by atoms with Crippen LogP contribution in [0.3, 0.4) is 0 Å². The molecule has 2 heterocycles. The fraction of sp³-hybridized carbons (Fsp3) is 0.412. The zero-order chi connectivity index (χ0) is 16.2. The Morgan fingerprint density at radius 3 is 3.13 bits per heavy atom. The Kier molecular flexibility index (Phi) is 4.93. The van der Waals surface area contributed by atoms with Crippen LogP contribution in [0.2, 0.25) is 0 Å². The third-order valence-electron chi connectivity index (χ3n) is 3.88. The predicted octanol–water partition coefficient (Wildman–Crippen LogP) is 2.59. The number of nitrogens with two attached hydrogens (primary N) is 1. The van der Waals surface area contributed by atoms with Crippen LogP contribution >= 0.6 is 11.3 Å². The summed E-state index contributed by atoms with van der Waals surface area (Å²) in [5.74, 6) is 0.706. The summed E-state index contributed by atoms with van der Waals surface area (Å²) < 4.78 is 5.75. The van der Waals surface area contributed by atoms with Crippen molar-refractivity contribution in [2.75, 3.05) is 13.1 Å². The zero-order valence-corrected chi connectivity index (χ0v) is 14.0. The minimum atomic E-state index is 0.0232. The molecule has 122 valence electrons. The minimum absolute atomic E-state index is 0.0232. The number of carbonyl (C=O) groups excluding carboxylic acids is 1. The summed E-state index contributed by atoms with van der Waals surface area (Å²) in [6.07, 6.45) is 1.95. The molecule has 1 aromatic carbocycles. The van der Waals surface area contributed by atoms with Gasteiger partial charge in [0.25, 0.3) is 5.91 Å². The molecule has 1 fully saturated rings. The summed E-state index contributed by atoms with van der Waals surface area (Å²) in [6.45, 7) is 3.78. The van der Waals surface area contributed by atoms with Crippen molar-refractivity contribution in [1.29, 1.82) is 0 Å². The fourth-order valence-electron chi connectivity index (χ4n) is 2.73. The topological polar surface area (TPSA) is 68.5 Å².